The molecule has 1 atom stereocenters. The van der Waals surface area contributed by atoms with Crippen LogP contribution in [0.4, 0.5) is 4.79 Å². The highest BCUT2D eigenvalue weighted by Crippen LogP contribution is 2.16. The number of amides is 3. The van der Waals surface area contributed by atoms with Crippen molar-refractivity contribution >= 4 is 23.3 Å². The largest absolute Gasteiger partial charge is 0.369 e. The van der Waals surface area contributed by atoms with Crippen molar-refractivity contribution in [2.75, 3.05) is 26.2 Å². The molecule has 6 nitrogen and oxygen atoms in total. The molecule has 0 aliphatic carbocycles. The van der Waals surface area contributed by atoms with E-state index >= 15 is 0 Å². The number of urea groups is 1. The minimum absolute atomic E-state index is 0.0194. The second-order valence-electron chi connectivity index (χ2n) is 6.03. The highest BCUT2D eigenvalue weighted by molar-refractivity contribution is 7.10. The van der Waals surface area contributed by atoms with E-state index in [0.29, 0.717) is 13.1 Å². The van der Waals surface area contributed by atoms with Gasteiger partial charge in [0, 0.05) is 18.0 Å². The van der Waals surface area contributed by atoms with Crippen LogP contribution in [-0.2, 0) is 11.3 Å². The van der Waals surface area contributed by atoms with Gasteiger partial charge in [-0.1, -0.05) is 0 Å². The third-order valence-electron chi connectivity index (χ3n) is 4.22. The number of hydrogen-bond acceptors (Lipinski definition) is 4. The van der Waals surface area contributed by atoms with Gasteiger partial charge in [0.25, 0.3) is 0 Å². The Labute approximate surface area is 141 Å². The van der Waals surface area contributed by atoms with E-state index in [-0.39, 0.29) is 17.9 Å². The van der Waals surface area contributed by atoms with Crippen molar-refractivity contribution in [3.05, 3.63) is 21.9 Å². The number of nitrogens with one attached hydrogen (secondary N) is 2. The molecule has 0 bridgehead atoms. The van der Waals surface area contributed by atoms with E-state index in [0.717, 1.165) is 38.9 Å². The fourth-order valence-electron chi connectivity index (χ4n) is 2.80. The molecule has 1 aromatic rings. The molecule has 2 heterocycles. The zero-order chi connectivity index (χ0) is 16.7. The number of piperidine rings is 1. The molecule has 1 aliphatic heterocycles. The first-order chi connectivity index (χ1) is 11.1. The molecule has 1 saturated heterocycles. The minimum Gasteiger partial charge on any atom is -0.369 e. The monoisotopic (exact) mass is 338 g/mol. The summed E-state index contributed by atoms with van der Waals surface area (Å²) >= 11 is 1.65. The molecule has 1 fully saturated rings. The van der Waals surface area contributed by atoms with Gasteiger partial charge in [-0.3, -0.25) is 4.79 Å². The maximum absolute atomic E-state index is 11.7. The van der Waals surface area contributed by atoms with Gasteiger partial charge < -0.3 is 21.3 Å². The lowest BCUT2D eigenvalue weighted by atomic mass is 9.97. The molecule has 0 saturated carbocycles. The van der Waals surface area contributed by atoms with Gasteiger partial charge in [-0.2, -0.15) is 0 Å². The first kappa shape index (κ1) is 17.7. The molecule has 128 valence electrons. The Kier molecular flexibility index (Phi) is 6.85. The predicted molar refractivity (Wildman–Crippen MR) is 92.3 cm³/mol. The molecule has 1 aromatic heterocycles. The number of nitrogens with two attached hydrogens (primary N) is 1. The second kappa shape index (κ2) is 8.88. The fourth-order valence-corrected chi connectivity index (χ4v) is 3.65. The number of carbonyl (C=O) groups excluding carboxylic acids is 2. The van der Waals surface area contributed by atoms with E-state index in [1.54, 1.807) is 11.3 Å². The molecule has 0 spiro atoms. The predicted octanol–water partition coefficient (Wildman–Crippen LogP) is 1.44. The van der Waals surface area contributed by atoms with Gasteiger partial charge in [-0.25, -0.2) is 4.79 Å². The van der Waals surface area contributed by atoms with E-state index in [1.807, 2.05) is 12.3 Å². The molecule has 0 radical (unpaired) electrons. The topological polar surface area (TPSA) is 87.5 Å². The molecular weight excluding hydrogens is 312 g/mol. The summed E-state index contributed by atoms with van der Waals surface area (Å²) in [5.41, 5.74) is 6.59. The van der Waals surface area contributed by atoms with Crippen LogP contribution in [0.2, 0.25) is 0 Å². The molecule has 7 heteroatoms. The fraction of sp³-hybridized carbons (Fsp3) is 0.625. The van der Waals surface area contributed by atoms with Gasteiger partial charge in [0.15, 0.2) is 0 Å². The molecule has 0 aromatic carbocycles. The van der Waals surface area contributed by atoms with Gasteiger partial charge in [0.1, 0.15) is 0 Å². The van der Waals surface area contributed by atoms with Crippen LogP contribution in [-0.4, -0.2) is 43.0 Å². The van der Waals surface area contributed by atoms with E-state index in [2.05, 4.69) is 21.6 Å². The molecular formula is C16H26N4O2S. The van der Waals surface area contributed by atoms with Gasteiger partial charge in [-0.05, 0) is 56.3 Å². The number of hydrogen-bond donors (Lipinski definition) is 3. The quantitative estimate of drug-likeness (QED) is 0.658. The van der Waals surface area contributed by atoms with Crippen molar-refractivity contribution < 1.29 is 9.59 Å². The van der Waals surface area contributed by atoms with Crippen LogP contribution in [0, 0.1) is 12.8 Å². The summed E-state index contributed by atoms with van der Waals surface area (Å²) in [6, 6.07) is 1.92. The molecule has 0 unspecified atom stereocenters. The lowest BCUT2D eigenvalue weighted by Crippen LogP contribution is -2.42. The van der Waals surface area contributed by atoms with E-state index in [9.17, 15) is 9.59 Å². The Bertz CT molecular complexity index is 532. The van der Waals surface area contributed by atoms with Gasteiger partial charge in [0.2, 0.25) is 5.91 Å². The van der Waals surface area contributed by atoms with E-state index in [4.69, 9.17) is 5.73 Å². The average Bonchev–Trinajstić information content (AvgIpc) is 2.95. The Hall–Kier alpha value is -1.60. The average molecular weight is 338 g/mol. The SMILES string of the molecule is Cc1ccsc1CNC(=O)NCCCN1CCC[C@H](C(N)=O)C1. The van der Waals surface area contributed by atoms with Crippen molar-refractivity contribution in [3.8, 4) is 0 Å². The highest BCUT2D eigenvalue weighted by Gasteiger charge is 2.23. The summed E-state index contributed by atoms with van der Waals surface area (Å²) in [6.07, 6.45) is 2.78. The standard InChI is InChI=1S/C16H26N4O2S/c1-12-5-9-23-14(12)10-19-16(22)18-6-3-8-20-7-2-4-13(11-20)15(17)21/h5,9,13H,2-4,6-8,10-11H2,1H3,(H2,17,21)(H2,18,19,22)/t13-/m0/s1. The van der Waals surface area contributed by atoms with Crippen LogP contribution in [0.3, 0.4) is 0 Å². The summed E-state index contributed by atoms with van der Waals surface area (Å²) < 4.78 is 0. The number of likely N-dealkylation sites (tertiary alicyclic amines) is 1. The van der Waals surface area contributed by atoms with Crippen LogP contribution >= 0.6 is 11.3 Å². The minimum atomic E-state index is -0.198. The van der Waals surface area contributed by atoms with Crippen molar-refractivity contribution in [3.63, 3.8) is 0 Å². The van der Waals surface area contributed by atoms with Gasteiger partial charge in [0.05, 0.1) is 12.5 Å². The normalized spacial score (nSPS) is 18.6. The molecule has 1 aliphatic rings. The summed E-state index contributed by atoms with van der Waals surface area (Å²) in [4.78, 5) is 26.4. The third-order valence-corrected chi connectivity index (χ3v) is 5.25. The Morgan fingerprint density at radius 3 is 2.96 bits per heavy atom. The van der Waals surface area contributed by atoms with Crippen molar-refractivity contribution in [1.82, 2.24) is 15.5 Å². The number of primary amides is 1. The van der Waals surface area contributed by atoms with Crippen LogP contribution < -0.4 is 16.4 Å². The maximum Gasteiger partial charge on any atom is 0.315 e. The van der Waals surface area contributed by atoms with Crippen molar-refractivity contribution in [2.24, 2.45) is 11.7 Å². The Morgan fingerprint density at radius 2 is 2.26 bits per heavy atom. The van der Waals surface area contributed by atoms with Crippen LogP contribution in [0.15, 0.2) is 11.4 Å². The second-order valence-corrected chi connectivity index (χ2v) is 7.03. The van der Waals surface area contributed by atoms with Crippen molar-refractivity contribution in [1.29, 1.82) is 0 Å². The molecule has 23 heavy (non-hydrogen) atoms. The zero-order valence-corrected chi connectivity index (χ0v) is 14.5. The van der Waals surface area contributed by atoms with Crippen LogP contribution in [0.5, 0.6) is 0 Å². The number of nitrogens with zero attached hydrogens (tertiary/aromatic N) is 1. The number of carbonyl (C=O) groups is 2. The smallest absolute Gasteiger partial charge is 0.315 e. The Balaban J connectivity index is 1.57. The first-order valence-corrected chi connectivity index (χ1v) is 9.00. The summed E-state index contributed by atoms with van der Waals surface area (Å²) in [5, 5.41) is 7.78. The maximum atomic E-state index is 11.7. The third kappa shape index (κ3) is 5.84. The number of aryl methyl sites for hydroxylation is 1. The van der Waals surface area contributed by atoms with Gasteiger partial charge >= 0.3 is 6.03 Å². The van der Waals surface area contributed by atoms with Crippen LogP contribution in [0.25, 0.3) is 0 Å². The zero-order valence-electron chi connectivity index (χ0n) is 13.6. The molecule has 3 amide bonds. The molecule has 2 rings (SSSR count). The highest BCUT2D eigenvalue weighted by atomic mass is 32.1. The first-order valence-electron chi connectivity index (χ1n) is 8.12. The summed E-state index contributed by atoms with van der Waals surface area (Å²) in [7, 11) is 0. The number of thiophene rings is 1. The summed E-state index contributed by atoms with van der Waals surface area (Å²) in [5.74, 6) is -0.217. The van der Waals surface area contributed by atoms with Crippen molar-refractivity contribution in [2.45, 2.75) is 32.7 Å². The molecule has 4 N–H and O–H groups in total. The lowest BCUT2D eigenvalue weighted by Gasteiger charge is -2.31. The summed E-state index contributed by atoms with van der Waals surface area (Å²) in [6.45, 7) is 5.89. The number of rotatable bonds is 7. The Morgan fingerprint density at radius 1 is 1.43 bits per heavy atom. The van der Waals surface area contributed by atoms with Crippen LogP contribution in [0.1, 0.15) is 29.7 Å². The lowest BCUT2D eigenvalue weighted by molar-refractivity contribution is -0.123. The van der Waals surface area contributed by atoms with Gasteiger partial charge in [-0.15, -0.1) is 11.3 Å². The van der Waals surface area contributed by atoms with E-state index < -0.39 is 0 Å². The van der Waals surface area contributed by atoms with E-state index in [1.165, 1.54) is 10.4 Å².